The second-order valence-electron chi connectivity index (χ2n) is 4.38. The standard InChI is InChI=1S/C11H18FNO/c12-11(6-3-4-9(13)8-11)10-5-1-2-7-14-10/h5,9H,1-4,6-8,13H2. The van der Waals surface area contributed by atoms with Crippen molar-refractivity contribution in [3.63, 3.8) is 0 Å². The lowest BCUT2D eigenvalue weighted by molar-refractivity contribution is 0.0419. The van der Waals surface area contributed by atoms with E-state index in [1.165, 1.54) is 0 Å². The first-order valence-corrected chi connectivity index (χ1v) is 5.49. The van der Waals surface area contributed by atoms with Crippen molar-refractivity contribution in [1.29, 1.82) is 0 Å². The molecule has 2 nitrogen and oxygen atoms in total. The molecule has 0 aromatic carbocycles. The summed E-state index contributed by atoms with van der Waals surface area (Å²) >= 11 is 0. The quantitative estimate of drug-likeness (QED) is 0.703. The van der Waals surface area contributed by atoms with E-state index in [1.807, 2.05) is 6.08 Å². The summed E-state index contributed by atoms with van der Waals surface area (Å²) in [4.78, 5) is 0. The Morgan fingerprint density at radius 3 is 3.00 bits per heavy atom. The van der Waals surface area contributed by atoms with Gasteiger partial charge < -0.3 is 10.5 Å². The van der Waals surface area contributed by atoms with Crippen molar-refractivity contribution < 1.29 is 9.13 Å². The normalized spacial score (nSPS) is 38.7. The Balaban J connectivity index is 2.09. The number of rotatable bonds is 1. The van der Waals surface area contributed by atoms with Gasteiger partial charge >= 0.3 is 0 Å². The number of alkyl halides is 1. The third-order valence-corrected chi connectivity index (χ3v) is 3.11. The predicted molar refractivity (Wildman–Crippen MR) is 53.6 cm³/mol. The summed E-state index contributed by atoms with van der Waals surface area (Å²) in [6.07, 6.45) is 6.67. The van der Waals surface area contributed by atoms with Gasteiger partial charge in [0.25, 0.3) is 0 Å². The Morgan fingerprint density at radius 1 is 1.50 bits per heavy atom. The van der Waals surface area contributed by atoms with Crippen molar-refractivity contribution in [2.45, 2.75) is 50.2 Å². The molecular weight excluding hydrogens is 181 g/mol. The zero-order chi connectivity index (χ0) is 10.0. The van der Waals surface area contributed by atoms with Crippen LogP contribution in [0.25, 0.3) is 0 Å². The van der Waals surface area contributed by atoms with E-state index in [-0.39, 0.29) is 6.04 Å². The Hall–Kier alpha value is -0.570. The summed E-state index contributed by atoms with van der Waals surface area (Å²) in [6.45, 7) is 0.659. The van der Waals surface area contributed by atoms with Gasteiger partial charge in [-0.05, 0) is 38.2 Å². The largest absolute Gasteiger partial charge is 0.495 e. The minimum absolute atomic E-state index is 0.000163. The maximum absolute atomic E-state index is 14.4. The Bertz CT molecular complexity index is 241. The molecule has 1 heterocycles. The monoisotopic (exact) mass is 199 g/mol. The molecule has 0 aromatic rings. The van der Waals surface area contributed by atoms with Gasteiger partial charge in [-0.2, -0.15) is 0 Å². The first kappa shape index (κ1) is 9.97. The fraction of sp³-hybridized carbons (Fsp3) is 0.818. The smallest absolute Gasteiger partial charge is 0.168 e. The molecule has 2 N–H and O–H groups in total. The first-order chi connectivity index (χ1) is 6.71. The SMILES string of the molecule is NC1CCCC(F)(C2=CCCCO2)C1. The topological polar surface area (TPSA) is 35.2 Å². The summed E-state index contributed by atoms with van der Waals surface area (Å²) < 4.78 is 19.8. The van der Waals surface area contributed by atoms with Crippen LogP contribution in [-0.4, -0.2) is 18.3 Å². The Kier molecular flexibility index (Phi) is 2.77. The highest BCUT2D eigenvalue weighted by Gasteiger charge is 2.40. The van der Waals surface area contributed by atoms with E-state index in [0.29, 0.717) is 25.2 Å². The van der Waals surface area contributed by atoms with Gasteiger partial charge in [-0.1, -0.05) is 0 Å². The second-order valence-corrected chi connectivity index (χ2v) is 4.38. The Labute approximate surface area is 84.3 Å². The number of allylic oxidation sites excluding steroid dienone is 2. The molecule has 0 aromatic heterocycles. The molecule has 0 spiro atoms. The fourth-order valence-electron chi connectivity index (χ4n) is 2.36. The van der Waals surface area contributed by atoms with Gasteiger partial charge in [-0.15, -0.1) is 0 Å². The van der Waals surface area contributed by atoms with Crippen LogP contribution in [0.15, 0.2) is 11.8 Å². The fourth-order valence-corrected chi connectivity index (χ4v) is 2.36. The third-order valence-electron chi connectivity index (χ3n) is 3.11. The second kappa shape index (κ2) is 3.89. The minimum Gasteiger partial charge on any atom is -0.495 e. The summed E-state index contributed by atoms with van der Waals surface area (Å²) in [5.41, 5.74) is 4.53. The van der Waals surface area contributed by atoms with Crippen molar-refractivity contribution in [2.24, 2.45) is 5.73 Å². The van der Waals surface area contributed by atoms with E-state index in [4.69, 9.17) is 10.5 Å². The molecule has 2 aliphatic rings. The van der Waals surface area contributed by atoms with Crippen molar-refractivity contribution in [2.75, 3.05) is 6.61 Å². The molecule has 0 radical (unpaired) electrons. The van der Waals surface area contributed by atoms with Gasteiger partial charge in [0.05, 0.1) is 6.61 Å². The summed E-state index contributed by atoms with van der Waals surface area (Å²) in [7, 11) is 0. The third kappa shape index (κ3) is 1.92. The highest BCUT2D eigenvalue weighted by molar-refractivity contribution is 5.14. The molecule has 2 rings (SSSR count). The molecular formula is C11H18FNO. The van der Waals surface area contributed by atoms with Crippen LogP contribution >= 0.6 is 0 Å². The average Bonchev–Trinajstić information content (AvgIpc) is 2.19. The Morgan fingerprint density at radius 2 is 2.36 bits per heavy atom. The van der Waals surface area contributed by atoms with E-state index >= 15 is 0 Å². The molecule has 0 saturated heterocycles. The lowest BCUT2D eigenvalue weighted by Gasteiger charge is -2.35. The minimum atomic E-state index is -1.27. The van der Waals surface area contributed by atoms with Crippen molar-refractivity contribution in [3.05, 3.63) is 11.8 Å². The summed E-state index contributed by atoms with van der Waals surface area (Å²) in [5.74, 6) is 0.555. The molecule has 2 atom stereocenters. The van der Waals surface area contributed by atoms with Crippen molar-refractivity contribution >= 4 is 0 Å². The van der Waals surface area contributed by atoms with Crippen molar-refractivity contribution in [1.82, 2.24) is 0 Å². The summed E-state index contributed by atoms with van der Waals surface area (Å²) in [6, 6.07) is 0.000163. The number of halogens is 1. The van der Waals surface area contributed by atoms with Crippen LogP contribution in [0.4, 0.5) is 4.39 Å². The van der Waals surface area contributed by atoms with Gasteiger partial charge in [0.1, 0.15) is 5.76 Å². The molecule has 14 heavy (non-hydrogen) atoms. The van der Waals surface area contributed by atoms with E-state index in [9.17, 15) is 4.39 Å². The highest BCUT2D eigenvalue weighted by Crippen LogP contribution is 2.39. The molecule has 0 bridgehead atoms. The number of nitrogens with two attached hydrogens (primary N) is 1. The van der Waals surface area contributed by atoms with Gasteiger partial charge in [-0.25, -0.2) is 4.39 Å². The van der Waals surface area contributed by atoms with Gasteiger partial charge in [0.2, 0.25) is 0 Å². The average molecular weight is 199 g/mol. The van der Waals surface area contributed by atoms with Crippen LogP contribution in [-0.2, 0) is 4.74 Å². The van der Waals surface area contributed by atoms with Crippen LogP contribution in [0.2, 0.25) is 0 Å². The highest BCUT2D eigenvalue weighted by atomic mass is 19.1. The van der Waals surface area contributed by atoms with Crippen LogP contribution in [0.1, 0.15) is 38.5 Å². The number of hydrogen-bond acceptors (Lipinski definition) is 2. The molecule has 0 amide bonds. The van der Waals surface area contributed by atoms with Gasteiger partial charge in [0, 0.05) is 12.5 Å². The van der Waals surface area contributed by atoms with Crippen LogP contribution < -0.4 is 5.73 Å². The lowest BCUT2D eigenvalue weighted by Crippen LogP contribution is -2.40. The molecule has 1 saturated carbocycles. The van der Waals surface area contributed by atoms with Gasteiger partial charge in [0.15, 0.2) is 5.67 Å². The van der Waals surface area contributed by atoms with Crippen LogP contribution in [0, 0.1) is 0 Å². The number of hydrogen-bond donors (Lipinski definition) is 1. The van der Waals surface area contributed by atoms with E-state index < -0.39 is 5.67 Å². The van der Waals surface area contributed by atoms with Crippen LogP contribution in [0.3, 0.4) is 0 Å². The first-order valence-electron chi connectivity index (χ1n) is 5.49. The molecule has 1 aliphatic carbocycles. The van der Waals surface area contributed by atoms with Gasteiger partial charge in [-0.3, -0.25) is 0 Å². The molecule has 80 valence electrons. The van der Waals surface area contributed by atoms with E-state index in [0.717, 1.165) is 25.7 Å². The maximum atomic E-state index is 14.4. The predicted octanol–water partition coefficient (Wildman–Crippen LogP) is 2.29. The number of ether oxygens (including phenoxy) is 1. The van der Waals surface area contributed by atoms with E-state index in [1.54, 1.807) is 0 Å². The summed E-state index contributed by atoms with van der Waals surface area (Å²) in [5, 5.41) is 0. The lowest BCUT2D eigenvalue weighted by atomic mass is 9.81. The maximum Gasteiger partial charge on any atom is 0.168 e. The van der Waals surface area contributed by atoms with Crippen molar-refractivity contribution in [3.8, 4) is 0 Å². The molecule has 1 aliphatic heterocycles. The van der Waals surface area contributed by atoms with Crippen LogP contribution in [0.5, 0.6) is 0 Å². The molecule has 2 unspecified atom stereocenters. The zero-order valence-electron chi connectivity index (χ0n) is 8.47. The van der Waals surface area contributed by atoms with E-state index in [2.05, 4.69) is 0 Å². The zero-order valence-corrected chi connectivity index (χ0v) is 8.47. The molecule has 3 heteroatoms. The molecule has 1 fully saturated rings.